The number of nitrogens with zero attached hydrogens (tertiary/aromatic N) is 1. The van der Waals surface area contributed by atoms with E-state index in [4.69, 9.17) is 4.42 Å². The monoisotopic (exact) mass is 285 g/mol. The fourth-order valence-corrected chi connectivity index (χ4v) is 2.45. The fourth-order valence-electron chi connectivity index (χ4n) is 2.45. The van der Waals surface area contributed by atoms with Gasteiger partial charge in [0.25, 0.3) is 0 Å². The Labute approximate surface area is 124 Å². The molecule has 4 heteroatoms. The molecule has 4 nitrogen and oxygen atoms in total. The van der Waals surface area contributed by atoms with Gasteiger partial charge in [-0.15, -0.1) is 0 Å². The van der Waals surface area contributed by atoms with Crippen LogP contribution in [0.15, 0.2) is 46.9 Å². The van der Waals surface area contributed by atoms with Crippen LogP contribution in [0.4, 0.5) is 0 Å². The minimum absolute atomic E-state index is 0.267. The van der Waals surface area contributed by atoms with E-state index < -0.39 is 5.97 Å². The maximum atomic E-state index is 11.4. The van der Waals surface area contributed by atoms with Crippen LogP contribution >= 0.6 is 0 Å². The Morgan fingerprint density at radius 3 is 2.62 bits per heavy atom. The number of carbonyl (C=O) groups excluding carboxylic acids is 1. The van der Waals surface area contributed by atoms with E-state index >= 15 is 0 Å². The Hall–Kier alpha value is -2.07. The van der Waals surface area contributed by atoms with E-state index in [9.17, 15) is 4.79 Å². The molecule has 0 unspecified atom stereocenters. The predicted molar refractivity (Wildman–Crippen MR) is 78.8 cm³/mol. The molecule has 1 aliphatic rings. The van der Waals surface area contributed by atoms with Crippen LogP contribution in [-0.4, -0.2) is 24.0 Å². The molecule has 1 heterocycles. The van der Waals surface area contributed by atoms with Gasteiger partial charge in [-0.1, -0.05) is 30.3 Å². The zero-order valence-electron chi connectivity index (χ0n) is 12.1. The summed E-state index contributed by atoms with van der Waals surface area (Å²) in [6, 6.07) is 14.6. The second-order valence-corrected chi connectivity index (χ2v) is 5.38. The van der Waals surface area contributed by atoms with E-state index in [2.05, 4.69) is 33.9 Å². The summed E-state index contributed by atoms with van der Waals surface area (Å²) in [5.41, 5.74) is 1.30. The van der Waals surface area contributed by atoms with E-state index in [-0.39, 0.29) is 5.76 Å². The van der Waals surface area contributed by atoms with Crippen LogP contribution in [0.2, 0.25) is 0 Å². The van der Waals surface area contributed by atoms with Gasteiger partial charge in [-0.3, -0.25) is 4.90 Å². The highest BCUT2D eigenvalue weighted by molar-refractivity contribution is 5.86. The Balaban J connectivity index is 1.68. The van der Waals surface area contributed by atoms with Crippen molar-refractivity contribution in [2.24, 2.45) is 0 Å². The van der Waals surface area contributed by atoms with Crippen molar-refractivity contribution in [1.29, 1.82) is 0 Å². The van der Waals surface area contributed by atoms with E-state index in [0.29, 0.717) is 6.04 Å². The first-order valence-electron chi connectivity index (χ1n) is 7.21. The van der Waals surface area contributed by atoms with Crippen LogP contribution in [0.3, 0.4) is 0 Å². The molecule has 1 aromatic carbocycles. The van der Waals surface area contributed by atoms with Gasteiger partial charge in [0.2, 0.25) is 5.76 Å². The summed E-state index contributed by atoms with van der Waals surface area (Å²) in [5, 5.41) is 0. The number of hydrogen-bond acceptors (Lipinski definition) is 4. The van der Waals surface area contributed by atoms with Crippen LogP contribution < -0.4 is 0 Å². The Morgan fingerprint density at radius 2 is 1.95 bits per heavy atom. The van der Waals surface area contributed by atoms with E-state index in [0.717, 1.165) is 18.8 Å². The molecule has 0 N–H and O–H groups in total. The molecule has 1 aliphatic carbocycles. The van der Waals surface area contributed by atoms with Gasteiger partial charge in [0.15, 0.2) is 0 Å². The molecule has 21 heavy (non-hydrogen) atoms. The van der Waals surface area contributed by atoms with Gasteiger partial charge in [-0.2, -0.15) is 0 Å². The van der Waals surface area contributed by atoms with E-state index in [1.54, 1.807) is 6.07 Å². The van der Waals surface area contributed by atoms with Gasteiger partial charge >= 0.3 is 5.97 Å². The van der Waals surface area contributed by atoms with Crippen molar-refractivity contribution >= 4 is 5.97 Å². The summed E-state index contributed by atoms with van der Waals surface area (Å²) in [6.45, 7) is 1.62. The normalized spacial score (nSPS) is 14.4. The molecule has 1 aromatic heterocycles. The fraction of sp³-hybridized carbons (Fsp3) is 0.353. The number of furan rings is 1. The highest BCUT2D eigenvalue weighted by atomic mass is 16.5. The highest BCUT2D eigenvalue weighted by Crippen LogP contribution is 2.30. The average Bonchev–Trinajstić information content (AvgIpc) is 3.26. The van der Waals surface area contributed by atoms with Crippen LogP contribution in [0.1, 0.15) is 34.7 Å². The summed E-state index contributed by atoms with van der Waals surface area (Å²) < 4.78 is 10.2. The predicted octanol–water partition coefficient (Wildman–Crippen LogP) is 3.23. The third-order valence-electron chi connectivity index (χ3n) is 3.70. The molecule has 0 bridgehead atoms. The van der Waals surface area contributed by atoms with Crippen LogP contribution in [0.5, 0.6) is 0 Å². The lowest BCUT2D eigenvalue weighted by Crippen LogP contribution is -2.24. The Morgan fingerprint density at radius 1 is 1.19 bits per heavy atom. The summed E-state index contributed by atoms with van der Waals surface area (Å²) in [5.74, 6) is 0.642. The van der Waals surface area contributed by atoms with Crippen molar-refractivity contribution in [1.82, 2.24) is 4.90 Å². The highest BCUT2D eigenvalue weighted by Gasteiger charge is 2.29. The zero-order valence-corrected chi connectivity index (χ0v) is 12.1. The molecular weight excluding hydrogens is 266 g/mol. The number of esters is 1. The topological polar surface area (TPSA) is 42.7 Å². The van der Waals surface area contributed by atoms with Gasteiger partial charge in [0.1, 0.15) is 5.76 Å². The van der Waals surface area contributed by atoms with Crippen molar-refractivity contribution in [2.45, 2.75) is 32.0 Å². The Kier molecular flexibility index (Phi) is 4.06. The van der Waals surface area contributed by atoms with Crippen LogP contribution in [-0.2, 0) is 17.8 Å². The van der Waals surface area contributed by atoms with E-state index in [1.165, 1.54) is 25.5 Å². The smallest absolute Gasteiger partial charge is 0.373 e. The van der Waals surface area contributed by atoms with Gasteiger partial charge in [-0.05, 0) is 30.5 Å². The van der Waals surface area contributed by atoms with E-state index in [1.807, 2.05) is 12.1 Å². The molecule has 110 valence electrons. The van der Waals surface area contributed by atoms with Gasteiger partial charge < -0.3 is 9.15 Å². The number of rotatable bonds is 6. The minimum Gasteiger partial charge on any atom is -0.463 e. The second kappa shape index (κ2) is 6.14. The zero-order chi connectivity index (χ0) is 14.7. The summed E-state index contributed by atoms with van der Waals surface area (Å²) in [6.07, 6.45) is 2.47. The third-order valence-corrected chi connectivity index (χ3v) is 3.70. The molecule has 2 aromatic rings. The first-order chi connectivity index (χ1) is 10.3. The SMILES string of the molecule is COC(=O)c1ccc(CN(Cc2ccccc2)C2CC2)o1. The van der Waals surface area contributed by atoms with Gasteiger partial charge in [-0.25, -0.2) is 4.79 Å². The van der Waals surface area contributed by atoms with Gasteiger partial charge in [0, 0.05) is 12.6 Å². The van der Waals surface area contributed by atoms with Crippen LogP contribution in [0, 0.1) is 0 Å². The third kappa shape index (κ3) is 3.52. The molecule has 3 rings (SSSR count). The maximum absolute atomic E-state index is 11.4. The quantitative estimate of drug-likeness (QED) is 0.764. The van der Waals surface area contributed by atoms with Crippen molar-refractivity contribution in [3.05, 3.63) is 59.5 Å². The summed E-state index contributed by atoms with van der Waals surface area (Å²) in [7, 11) is 1.36. The van der Waals surface area contributed by atoms with Crippen molar-refractivity contribution in [2.75, 3.05) is 7.11 Å². The minimum atomic E-state index is -0.428. The maximum Gasteiger partial charge on any atom is 0.373 e. The lowest BCUT2D eigenvalue weighted by Gasteiger charge is -2.20. The largest absolute Gasteiger partial charge is 0.463 e. The van der Waals surface area contributed by atoms with Crippen molar-refractivity contribution in [3.63, 3.8) is 0 Å². The molecule has 0 amide bonds. The average molecular weight is 285 g/mol. The number of ether oxygens (including phenoxy) is 1. The summed E-state index contributed by atoms with van der Waals surface area (Å²) in [4.78, 5) is 13.8. The molecule has 0 spiro atoms. The van der Waals surface area contributed by atoms with Gasteiger partial charge in [0.05, 0.1) is 13.7 Å². The van der Waals surface area contributed by atoms with Crippen molar-refractivity contribution < 1.29 is 13.9 Å². The summed E-state index contributed by atoms with van der Waals surface area (Å²) >= 11 is 0. The lowest BCUT2D eigenvalue weighted by molar-refractivity contribution is 0.0560. The molecule has 0 radical (unpaired) electrons. The molecule has 1 saturated carbocycles. The Bertz CT molecular complexity index is 602. The number of hydrogen-bond donors (Lipinski definition) is 0. The molecule has 0 aliphatic heterocycles. The first kappa shape index (κ1) is 13.9. The first-order valence-corrected chi connectivity index (χ1v) is 7.21. The molecule has 0 atom stereocenters. The second-order valence-electron chi connectivity index (χ2n) is 5.38. The number of benzene rings is 1. The standard InChI is InChI=1S/C17H19NO3/c1-20-17(19)16-10-9-15(21-16)12-18(14-7-8-14)11-13-5-3-2-4-6-13/h2-6,9-10,14H,7-8,11-12H2,1H3. The molecule has 0 saturated heterocycles. The van der Waals surface area contributed by atoms with Crippen molar-refractivity contribution in [3.8, 4) is 0 Å². The molecular formula is C17H19NO3. The number of methoxy groups -OCH3 is 1. The molecule has 1 fully saturated rings. The van der Waals surface area contributed by atoms with Crippen LogP contribution in [0.25, 0.3) is 0 Å². The lowest BCUT2D eigenvalue weighted by atomic mass is 10.2. The number of carbonyl (C=O) groups is 1.